The zero-order chi connectivity index (χ0) is 16.2. The molecule has 23 heavy (non-hydrogen) atoms. The molecule has 0 aliphatic carbocycles. The summed E-state index contributed by atoms with van der Waals surface area (Å²) < 4.78 is 1.65. The molecule has 0 aliphatic rings. The Labute approximate surface area is 135 Å². The predicted octanol–water partition coefficient (Wildman–Crippen LogP) is 2.81. The molecule has 0 saturated carbocycles. The van der Waals surface area contributed by atoms with Crippen molar-refractivity contribution in [1.82, 2.24) is 20.1 Å². The molecule has 116 valence electrons. The first-order chi connectivity index (χ1) is 11.1. The van der Waals surface area contributed by atoms with Crippen LogP contribution in [0.25, 0.3) is 5.82 Å². The average molecular weight is 306 g/mol. The maximum atomic E-state index is 12.2. The predicted molar refractivity (Wildman–Crippen MR) is 88.4 cm³/mol. The van der Waals surface area contributed by atoms with E-state index in [1.807, 2.05) is 18.3 Å². The van der Waals surface area contributed by atoms with Crippen molar-refractivity contribution in [2.45, 2.75) is 20.4 Å². The number of hydrogen-bond donors (Lipinski definition) is 1. The standard InChI is InChI=1S/C18H18N4O/c1-13-4-5-15(10-14(13)2)11-20-18(23)16-6-7-17(19-12-16)22-9-3-8-21-22/h3-10,12H,11H2,1-2H3,(H,20,23). The molecule has 1 aromatic carbocycles. The van der Waals surface area contributed by atoms with Gasteiger partial charge in [0.05, 0.1) is 5.56 Å². The Balaban J connectivity index is 1.65. The summed E-state index contributed by atoms with van der Waals surface area (Å²) in [6.45, 7) is 4.64. The molecular weight excluding hydrogens is 288 g/mol. The van der Waals surface area contributed by atoms with Gasteiger partial charge in [-0.15, -0.1) is 0 Å². The van der Waals surface area contributed by atoms with Crippen LogP contribution in [0.3, 0.4) is 0 Å². The van der Waals surface area contributed by atoms with Crippen LogP contribution >= 0.6 is 0 Å². The molecule has 5 nitrogen and oxygen atoms in total. The van der Waals surface area contributed by atoms with Crippen molar-refractivity contribution in [3.05, 3.63) is 77.2 Å². The Hall–Kier alpha value is -2.95. The third-order valence-electron chi connectivity index (χ3n) is 3.77. The van der Waals surface area contributed by atoms with Crippen LogP contribution in [-0.4, -0.2) is 20.7 Å². The molecule has 0 unspecified atom stereocenters. The highest BCUT2D eigenvalue weighted by atomic mass is 16.1. The van der Waals surface area contributed by atoms with Crippen LogP contribution in [0.5, 0.6) is 0 Å². The first-order valence-corrected chi connectivity index (χ1v) is 7.44. The Morgan fingerprint density at radius 1 is 1.17 bits per heavy atom. The molecule has 1 amide bonds. The van der Waals surface area contributed by atoms with Crippen molar-refractivity contribution in [2.75, 3.05) is 0 Å². The number of carbonyl (C=O) groups excluding carboxylic acids is 1. The zero-order valence-corrected chi connectivity index (χ0v) is 13.2. The van der Waals surface area contributed by atoms with Gasteiger partial charge in [0.15, 0.2) is 5.82 Å². The lowest BCUT2D eigenvalue weighted by Crippen LogP contribution is -2.23. The Bertz CT molecular complexity index is 808. The molecule has 0 saturated heterocycles. The molecule has 2 aromatic heterocycles. The lowest BCUT2D eigenvalue weighted by atomic mass is 10.1. The van der Waals surface area contributed by atoms with Gasteiger partial charge in [0, 0.05) is 25.1 Å². The molecule has 5 heteroatoms. The number of pyridine rings is 1. The second-order valence-electron chi connectivity index (χ2n) is 5.46. The van der Waals surface area contributed by atoms with Gasteiger partial charge in [-0.1, -0.05) is 18.2 Å². The van der Waals surface area contributed by atoms with Crippen molar-refractivity contribution in [3.63, 3.8) is 0 Å². The minimum Gasteiger partial charge on any atom is -0.348 e. The van der Waals surface area contributed by atoms with Crippen LogP contribution in [0.2, 0.25) is 0 Å². The molecule has 0 fully saturated rings. The van der Waals surface area contributed by atoms with Crippen molar-refractivity contribution in [3.8, 4) is 5.82 Å². The third kappa shape index (κ3) is 3.45. The number of benzene rings is 1. The van der Waals surface area contributed by atoms with Crippen LogP contribution in [0, 0.1) is 13.8 Å². The fourth-order valence-corrected chi connectivity index (χ4v) is 2.26. The zero-order valence-electron chi connectivity index (χ0n) is 13.2. The monoisotopic (exact) mass is 306 g/mol. The van der Waals surface area contributed by atoms with Crippen LogP contribution < -0.4 is 5.32 Å². The van der Waals surface area contributed by atoms with Crippen molar-refractivity contribution in [2.24, 2.45) is 0 Å². The molecule has 2 heterocycles. The van der Waals surface area contributed by atoms with E-state index in [4.69, 9.17) is 0 Å². The number of rotatable bonds is 4. The fourth-order valence-electron chi connectivity index (χ4n) is 2.26. The minimum atomic E-state index is -0.136. The average Bonchev–Trinajstić information content (AvgIpc) is 3.10. The first kappa shape index (κ1) is 15.0. The van der Waals surface area contributed by atoms with E-state index in [9.17, 15) is 4.79 Å². The second-order valence-corrected chi connectivity index (χ2v) is 5.46. The van der Waals surface area contributed by atoms with Crippen molar-refractivity contribution in [1.29, 1.82) is 0 Å². The number of amides is 1. The molecule has 1 N–H and O–H groups in total. The molecular formula is C18H18N4O. The highest BCUT2D eigenvalue weighted by Crippen LogP contribution is 2.10. The van der Waals surface area contributed by atoms with Crippen LogP contribution in [-0.2, 0) is 6.54 Å². The SMILES string of the molecule is Cc1ccc(CNC(=O)c2ccc(-n3cccn3)nc2)cc1C. The Morgan fingerprint density at radius 3 is 2.70 bits per heavy atom. The summed E-state index contributed by atoms with van der Waals surface area (Å²) in [5, 5.41) is 7.02. The van der Waals surface area contributed by atoms with E-state index in [2.05, 4.69) is 41.4 Å². The van der Waals surface area contributed by atoms with Crippen LogP contribution in [0.15, 0.2) is 55.0 Å². The molecule has 0 spiro atoms. The molecule has 0 bridgehead atoms. The highest BCUT2D eigenvalue weighted by Gasteiger charge is 2.07. The van der Waals surface area contributed by atoms with Crippen LogP contribution in [0.1, 0.15) is 27.0 Å². The second kappa shape index (κ2) is 6.44. The molecule has 0 aliphatic heterocycles. The van der Waals surface area contributed by atoms with Gasteiger partial charge < -0.3 is 5.32 Å². The minimum absolute atomic E-state index is 0.136. The van der Waals surface area contributed by atoms with Crippen LogP contribution in [0.4, 0.5) is 0 Å². The number of aromatic nitrogens is 3. The van der Waals surface area contributed by atoms with E-state index in [0.717, 1.165) is 5.56 Å². The van der Waals surface area contributed by atoms with Gasteiger partial charge in [0.2, 0.25) is 0 Å². The van der Waals surface area contributed by atoms with E-state index in [0.29, 0.717) is 17.9 Å². The van der Waals surface area contributed by atoms with E-state index in [1.165, 1.54) is 11.1 Å². The van der Waals surface area contributed by atoms with Gasteiger partial charge in [-0.25, -0.2) is 9.67 Å². The summed E-state index contributed by atoms with van der Waals surface area (Å²) in [5.41, 5.74) is 4.09. The summed E-state index contributed by atoms with van der Waals surface area (Å²) in [5.74, 6) is 0.545. The van der Waals surface area contributed by atoms with Crippen molar-refractivity contribution >= 4 is 5.91 Å². The van der Waals surface area contributed by atoms with Gasteiger partial charge in [0.25, 0.3) is 5.91 Å². The maximum Gasteiger partial charge on any atom is 0.253 e. The van der Waals surface area contributed by atoms with E-state index >= 15 is 0 Å². The number of nitrogens with zero attached hydrogens (tertiary/aromatic N) is 3. The topological polar surface area (TPSA) is 59.8 Å². The van der Waals surface area contributed by atoms with Gasteiger partial charge in [0.1, 0.15) is 0 Å². The molecule has 3 rings (SSSR count). The van der Waals surface area contributed by atoms with Gasteiger partial charge >= 0.3 is 0 Å². The summed E-state index contributed by atoms with van der Waals surface area (Å²) in [7, 11) is 0. The van der Waals surface area contributed by atoms with Gasteiger partial charge in [-0.05, 0) is 48.7 Å². The molecule has 0 atom stereocenters. The summed E-state index contributed by atoms with van der Waals surface area (Å²) in [4.78, 5) is 16.5. The molecule has 0 radical (unpaired) electrons. The summed E-state index contributed by atoms with van der Waals surface area (Å²) >= 11 is 0. The maximum absolute atomic E-state index is 12.2. The summed E-state index contributed by atoms with van der Waals surface area (Å²) in [6.07, 6.45) is 5.06. The number of hydrogen-bond acceptors (Lipinski definition) is 3. The quantitative estimate of drug-likeness (QED) is 0.806. The first-order valence-electron chi connectivity index (χ1n) is 7.44. The number of carbonyl (C=O) groups is 1. The van der Waals surface area contributed by atoms with Gasteiger partial charge in [-0.2, -0.15) is 5.10 Å². The fraction of sp³-hybridized carbons (Fsp3) is 0.167. The van der Waals surface area contributed by atoms with E-state index in [-0.39, 0.29) is 5.91 Å². The molecule has 3 aromatic rings. The third-order valence-corrected chi connectivity index (χ3v) is 3.77. The number of aryl methyl sites for hydroxylation is 2. The van der Waals surface area contributed by atoms with E-state index < -0.39 is 0 Å². The largest absolute Gasteiger partial charge is 0.348 e. The lowest BCUT2D eigenvalue weighted by molar-refractivity contribution is 0.0950. The van der Waals surface area contributed by atoms with E-state index in [1.54, 1.807) is 29.2 Å². The van der Waals surface area contributed by atoms with Crippen molar-refractivity contribution < 1.29 is 4.79 Å². The normalized spacial score (nSPS) is 10.5. The highest BCUT2D eigenvalue weighted by molar-refractivity contribution is 5.93. The Morgan fingerprint density at radius 2 is 2.04 bits per heavy atom. The lowest BCUT2D eigenvalue weighted by Gasteiger charge is -2.08. The Kier molecular flexibility index (Phi) is 4.19. The summed E-state index contributed by atoms with van der Waals surface area (Å²) in [6, 6.07) is 11.5. The van der Waals surface area contributed by atoms with Gasteiger partial charge in [-0.3, -0.25) is 4.79 Å². The smallest absolute Gasteiger partial charge is 0.253 e. The number of nitrogens with one attached hydrogen (secondary N) is 1.